The van der Waals surface area contributed by atoms with Crippen molar-refractivity contribution in [1.82, 2.24) is 5.32 Å². The summed E-state index contributed by atoms with van der Waals surface area (Å²) in [5.41, 5.74) is 2.06. The van der Waals surface area contributed by atoms with E-state index in [0.717, 1.165) is 30.4 Å². The smallest absolute Gasteiger partial charge is 0.217 e. The van der Waals surface area contributed by atoms with Crippen molar-refractivity contribution in [1.29, 1.82) is 0 Å². The largest absolute Gasteiger partial charge is 0.507 e. The fraction of sp³-hybridized carbons (Fsp3) is 0.458. The molecule has 28 heavy (non-hydrogen) atoms. The average molecular weight is 384 g/mol. The third-order valence-electron chi connectivity index (χ3n) is 5.03. The van der Waals surface area contributed by atoms with Crippen molar-refractivity contribution in [3.8, 4) is 11.5 Å². The Bertz CT molecular complexity index is 720. The number of amides is 1. The van der Waals surface area contributed by atoms with Crippen LogP contribution in [0.3, 0.4) is 0 Å². The van der Waals surface area contributed by atoms with Gasteiger partial charge in [0.05, 0.1) is 11.6 Å². The number of hydrogen-bond donors (Lipinski definition) is 3. The van der Waals surface area contributed by atoms with Crippen LogP contribution in [-0.2, 0) is 11.2 Å². The van der Waals surface area contributed by atoms with E-state index >= 15 is 0 Å². The summed E-state index contributed by atoms with van der Waals surface area (Å²) >= 11 is 0. The molecule has 1 atom stereocenters. The van der Waals surface area contributed by atoms with E-state index in [1.165, 1.54) is 39.0 Å². The molecule has 0 heterocycles. The lowest BCUT2D eigenvalue weighted by molar-refractivity contribution is -0.119. The fourth-order valence-electron chi connectivity index (χ4n) is 3.58. The van der Waals surface area contributed by atoms with E-state index < -0.39 is 6.04 Å². The molecule has 4 heteroatoms. The Hall–Kier alpha value is -2.49. The van der Waals surface area contributed by atoms with Crippen LogP contribution in [-0.4, -0.2) is 16.1 Å². The summed E-state index contributed by atoms with van der Waals surface area (Å²) in [4.78, 5) is 11.7. The Morgan fingerprint density at radius 1 is 0.929 bits per heavy atom. The van der Waals surface area contributed by atoms with Crippen molar-refractivity contribution in [2.24, 2.45) is 0 Å². The molecular weight excluding hydrogens is 350 g/mol. The van der Waals surface area contributed by atoms with Gasteiger partial charge >= 0.3 is 0 Å². The predicted molar refractivity (Wildman–Crippen MR) is 114 cm³/mol. The summed E-state index contributed by atoms with van der Waals surface area (Å²) in [5, 5.41) is 24.0. The van der Waals surface area contributed by atoms with Gasteiger partial charge in [-0.05, 0) is 36.1 Å². The summed E-state index contributed by atoms with van der Waals surface area (Å²) < 4.78 is 0. The number of aromatic hydroxyl groups is 2. The Labute approximate surface area is 168 Å². The van der Waals surface area contributed by atoms with Crippen molar-refractivity contribution in [2.75, 3.05) is 0 Å². The molecule has 1 amide bonds. The van der Waals surface area contributed by atoms with Gasteiger partial charge in [0.25, 0.3) is 0 Å². The van der Waals surface area contributed by atoms with E-state index in [1.54, 1.807) is 12.1 Å². The first kappa shape index (κ1) is 21.8. The number of rotatable bonds is 11. The van der Waals surface area contributed by atoms with Crippen molar-refractivity contribution in [2.45, 2.75) is 71.3 Å². The molecule has 2 rings (SSSR count). The second kappa shape index (κ2) is 11.4. The molecule has 0 aliphatic rings. The van der Waals surface area contributed by atoms with E-state index in [-0.39, 0.29) is 17.4 Å². The molecule has 1 unspecified atom stereocenters. The zero-order valence-electron chi connectivity index (χ0n) is 17.1. The molecule has 152 valence electrons. The first-order valence-corrected chi connectivity index (χ1v) is 10.4. The van der Waals surface area contributed by atoms with Crippen LogP contribution in [0.15, 0.2) is 42.5 Å². The first-order chi connectivity index (χ1) is 13.5. The minimum absolute atomic E-state index is 0.0144. The second-order valence-electron chi connectivity index (χ2n) is 7.46. The zero-order valence-corrected chi connectivity index (χ0v) is 17.1. The standard InChI is InChI=1S/C24H33NO3/c1-3-4-5-6-7-8-10-13-19-16-21(27)23(22(28)17-19)24(25-18(2)26)20-14-11-9-12-15-20/h9,11-12,14-17,24,27-28H,3-8,10,13H2,1-2H3,(H,25,26). The molecule has 0 bridgehead atoms. The predicted octanol–water partition coefficient (Wildman–Crippen LogP) is 5.62. The minimum Gasteiger partial charge on any atom is -0.507 e. The Morgan fingerprint density at radius 2 is 1.50 bits per heavy atom. The molecule has 2 aromatic carbocycles. The van der Waals surface area contributed by atoms with Gasteiger partial charge in [-0.2, -0.15) is 0 Å². The molecule has 0 radical (unpaired) electrons. The van der Waals surface area contributed by atoms with Gasteiger partial charge in [0.2, 0.25) is 5.91 Å². The van der Waals surface area contributed by atoms with E-state index in [4.69, 9.17) is 0 Å². The molecule has 0 aliphatic carbocycles. The third-order valence-corrected chi connectivity index (χ3v) is 5.03. The van der Waals surface area contributed by atoms with Crippen LogP contribution in [0, 0.1) is 0 Å². The van der Waals surface area contributed by atoms with Crippen molar-refractivity contribution in [3.63, 3.8) is 0 Å². The number of nitrogens with one attached hydrogen (secondary N) is 1. The lowest BCUT2D eigenvalue weighted by Gasteiger charge is -2.21. The molecule has 0 saturated heterocycles. The number of carbonyl (C=O) groups excluding carboxylic acids is 1. The second-order valence-corrected chi connectivity index (χ2v) is 7.46. The Balaban J connectivity index is 2.08. The molecule has 0 aliphatic heterocycles. The van der Waals surface area contributed by atoms with Crippen LogP contribution in [0.1, 0.15) is 81.5 Å². The minimum atomic E-state index is -0.591. The SMILES string of the molecule is CCCCCCCCCc1cc(O)c(C(NC(C)=O)c2ccccc2)c(O)c1. The summed E-state index contributed by atoms with van der Waals surface area (Å²) in [6.45, 7) is 3.65. The van der Waals surface area contributed by atoms with Crippen LogP contribution < -0.4 is 5.32 Å². The van der Waals surface area contributed by atoms with Crippen LogP contribution >= 0.6 is 0 Å². The number of carbonyl (C=O) groups is 1. The monoisotopic (exact) mass is 383 g/mol. The summed E-state index contributed by atoms with van der Waals surface area (Å²) in [7, 11) is 0. The van der Waals surface area contributed by atoms with Crippen LogP contribution in [0.2, 0.25) is 0 Å². The molecule has 0 aromatic heterocycles. The van der Waals surface area contributed by atoms with E-state index in [1.807, 2.05) is 30.3 Å². The number of unbranched alkanes of at least 4 members (excludes halogenated alkanes) is 6. The van der Waals surface area contributed by atoms with Crippen molar-refractivity contribution < 1.29 is 15.0 Å². The number of benzene rings is 2. The summed E-state index contributed by atoms with van der Waals surface area (Å²) in [6, 6.07) is 12.2. The summed E-state index contributed by atoms with van der Waals surface area (Å²) in [6.07, 6.45) is 9.40. The van der Waals surface area contributed by atoms with E-state index in [2.05, 4.69) is 12.2 Å². The average Bonchev–Trinajstić information content (AvgIpc) is 2.66. The van der Waals surface area contributed by atoms with Gasteiger partial charge in [0.1, 0.15) is 11.5 Å². The van der Waals surface area contributed by atoms with Crippen LogP contribution in [0.25, 0.3) is 0 Å². The number of hydrogen-bond acceptors (Lipinski definition) is 3. The van der Waals surface area contributed by atoms with Crippen molar-refractivity contribution in [3.05, 3.63) is 59.2 Å². The van der Waals surface area contributed by atoms with Gasteiger partial charge in [-0.3, -0.25) is 4.79 Å². The van der Waals surface area contributed by atoms with Gasteiger partial charge < -0.3 is 15.5 Å². The molecule has 3 N–H and O–H groups in total. The highest BCUT2D eigenvalue weighted by Gasteiger charge is 2.23. The quantitative estimate of drug-likeness (QED) is 0.441. The maximum atomic E-state index is 11.7. The highest BCUT2D eigenvalue weighted by Crippen LogP contribution is 2.37. The van der Waals surface area contributed by atoms with Gasteiger partial charge in [0, 0.05) is 6.92 Å². The van der Waals surface area contributed by atoms with Crippen molar-refractivity contribution >= 4 is 5.91 Å². The normalized spacial score (nSPS) is 11.9. The fourth-order valence-corrected chi connectivity index (χ4v) is 3.58. The zero-order chi connectivity index (χ0) is 20.4. The molecule has 0 spiro atoms. The molecule has 2 aromatic rings. The molecule has 0 saturated carbocycles. The van der Waals surface area contributed by atoms with Crippen LogP contribution in [0.4, 0.5) is 0 Å². The Morgan fingerprint density at radius 3 is 2.07 bits per heavy atom. The number of phenols is 2. The molecular formula is C24H33NO3. The lowest BCUT2D eigenvalue weighted by atomic mass is 9.94. The van der Waals surface area contributed by atoms with Gasteiger partial charge in [-0.25, -0.2) is 0 Å². The van der Waals surface area contributed by atoms with Gasteiger partial charge in [-0.15, -0.1) is 0 Å². The first-order valence-electron chi connectivity index (χ1n) is 10.4. The lowest BCUT2D eigenvalue weighted by Crippen LogP contribution is -2.27. The highest BCUT2D eigenvalue weighted by molar-refractivity contribution is 5.74. The van der Waals surface area contributed by atoms with Crippen LogP contribution in [0.5, 0.6) is 11.5 Å². The maximum absolute atomic E-state index is 11.7. The van der Waals surface area contributed by atoms with Gasteiger partial charge in [0.15, 0.2) is 0 Å². The maximum Gasteiger partial charge on any atom is 0.217 e. The Kier molecular flexibility index (Phi) is 8.86. The molecule has 0 fully saturated rings. The van der Waals surface area contributed by atoms with E-state index in [9.17, 15) is 15.0 Å². The topological polar surface area (TPSA) is 69.6 Å². The molecule has 4 nitrogen and oxygen atoms in total. The van der Waals surface area contributed by atoms with Gasteiger partial charge in [-0.1, -0.05) is 75.8 Å². The van der Waals surface area contributed by atoms with E-state index in [0.29, 0.717) is 5.56 Å². The highest BCUT2D eigenvalue weighted by atomic mass is 16.3. The number of aryl methyl sites for hydroxylation is 1. The summed E-state index contributed by atoms with van der Waals surface area (Å²) in [5.74, 6) is -0.194. The third kappa shape index (κ3) is 6.59. The number of phenolic OH excluding ortho intramolecular Hbond substituents is 2.